The van der Waals surface area contributed by atoms with Gasteiger partial charge in [0.25, 0.3) is 0 Å². The highest BCUT2D eigenvalue weighted by Crippen LogP contribution is 2.20. The summed E-state index contributed by atoms with van der Waals surface area (Å²) in [4.78, 5) is 11.7. The fourth-order valence-electron chi connectivity index (χ4n) is 1.80. The quantitative estimate of drug-likeness (QED) is 0.688. The zero-order valence-corrected chi connectivity index (χ0v) is 9.99. The molecule has 2 rings (SSSR count). The number of aromatic nitrogens is 2. The second-order valence-electron chi connectivity index (χ2n) is 4.13. The van der Waals surface area contributed by atoms with E-state index in [2.05, 4.69) is 15.7 Å². The molecule has 0 radical (unpaired) electrons. The van der Waals surface area contributed by atoms with Gasteiger partial charge in [-0.25, -0.2) is 4.79 Å². The number of aryl methyl sites for hydroxylation is 2. The third kappa shape index (κ3) is 2.50. The molecule has 94 valence electrons. The van der Waals surface area contributed by atoms with E-state index in [1.807, 2.05) is 0 Å². The van der Waals surface area contributed by atoms with Crippen LogP contribution in [-0.4, -0.2) is 35.1 Å². The van der Waals surface area contributed by atoms with Gasteiger partial charge < -0.3 is 15.8 Å². The van der Waals surface area contributed by atoms with E-state index in [1.54, 1.807) is 18.7 Å². The van der Waals surface area contributed by atoms with Gasteiger partial charge in [0.15, 0.2) is 5.82 Å². The van der Waals surface area contributed by atoms with Gasteiger partial charge in [0.1, 0.15) is 0 Å². The predicted octanol–water partition coefficient (Wildman–Crippen LogP) is 0.221. The number of hydrogen-bond acceptors (Lipinski definition) is 4. The van der Waals surface area contributed by atoms with Gasteiger partial charge in [0, 0.05) is 13.7 Å². The van der Waals surface area contributed by atoms with Crippen LogP contribution in [0.4, 0.5) is 16.3 Å². The van der Waals surface area contributed by atoms with Crippen LogP contribution in [0.3, 0.4) is 0 Å². The second-order valence-corrected chi connectivity index (χ2v) is 4.13. The zero-order chi connectivity index (χ0) is 12.4. The SMILES string of the molecule is Cc1nn(C)c(NC(=O)NC2CCOC2)c1N. The van der Waals surface area contributed by atoms with Crippen molar-refractivity contribution in [2.75, 3.05) is 24.3 Å². The summed E-state index contributed by atoms with van der Waals surface area (Å²) in [6.45, 7) is 3.05. The number of hydrogen-bond donors (Lipinski definition) is 3. The molecule has 0 bridgehead atoms. The topological polar surface area (TPSA) is 94.2 Å². The average Bonchev–Trinajstić information content (AvgIpc) is 2.83. The molecule has 1 fully saturated rings. The zero-order valence-electron chi connectivity index (χ0n) is 9.99. The first-order chi connectivity index (χ1) is 8.08. The van der Waals surface area contributed by atoms with E-state index in [0.29, 0.717) is 30.4 Å². The van der Waals surface area contributed by atoms with E-state index in [-0.39, 0.29) is 12.1 Å². The number of nitrogens with zero attached hydrogens (tertiary/aromatic N) is 2. The van der Waals surface area contributed by atoms with E-state index in [1.165, 1.54) is 0 Å². The first kappa shape index (κ1) is 11.7. The molecule has 0 spiro atoms. The van der Waals surface area contributed by atoms with Crippen LogP contribution in [-0.2, 0) is 11.8 Å². The Labute approximate surface area is 99.3 Å². The van der Waals surface area contributed by atoms with Crippen molar-refractivity contribution in [3.8, 4) is 0 Å². The Morgan fingerprint density at radius 3 is 2.94 bits per heavy atom. The van der Waals surface area contributed by atoms with Gasteiger partial charge in [-0.15, -0.1) is 0 Å². The maximum absolute atomic E-state index is 11.7. The molecule has 1 unspecified atom stereocenters. The van der Waals surface area contributed by atoms with Crippen molar-refractivity contribution in [1.29, 1.82) is 0 Å². The lowest BCUT2D eigenvalue weighted by molar-refractivity contribution is 0.189. The van der Waals surface area contributed by atoms with Gasteiger partial charge in [-0.05, 0) is 13.3 Å². The standard InChI is InChI=1S/C10H17N5O2/c1-6-8(11)9(15(2)14-6)13-10(16)12-7-3-4-17-5-7/h7H,3-5,11H2,1-2H3,(H2,12,13,16). The molecule has 1 aromatic rings. The predicted molar refractivity (Wildman–Crippen MR) is 63.7 cm³/mol. The normalized spacial score (nSPS) is 19.3. The minimum Gasteiger partial charge on any atom is -0.394 e. The summed E-state index contributed by atoms with van der Waals surface area (Å²) in [6, 6.07) is -0.208. The number of urea groups is 1. The minimum atomic E-state index is -0.282. The Hall–Kier alpha value is -1.76. The number of nitrogens with two attached hydrogens (primary N) is 1. The van der Waals surface area contributed by atoms with Crippen LogP contribution >= 0.6 is 0 Å². The van der Waals surface area contributed by atoms with Crippen LogP contribution in [0.1, 0.15) is 12.1 Å². The summed E-state index contributed by atoms with van der Waals surface area (Å²) < 4.78 is 6.73. The highest BCUT2D eigenvalue weighted by molar-refractivity contribution is 5.91. The van der Waals surface area contributed by atoms with Crippen LogP contribution in [0.5, 0.6) is 0 Å². The van der Waals surface area contributed by atoms with Crippen LogP contribution in [0.15, 0.2) is 0 Å². The summed E-state index contributed by atoms with van der Waals surface area (Å²) in [6.07, 6.45) is 0.841. The van der Waals surface area contributed by atoms with E-state index in [4.69, 9.17) is 10.5 Å². The fraction of sp³-hybridized carbons (Fsp3) is 0.600. The molecule has 1 saturated heterocycles. The molecule has 7 heteroatoms. The van der Waals surface area contributed by atoms with Gasteiger partial charge in [-0.2, -0.15) is 5.10 Å². The molecule has 0 aliphatic carbocycles. The fourth-order valence-corrected chi connectivity index (χ4v) is 1.80. The van der Waals surface area contributed by atoms with Crippen molar-refractivity contribution in [1.82, 2.24) is 15.1 Å². The Kier molecular flexibility index (Phi) is 3.19. The molecule has 4 N–H and O–H groups in total. The van der Waals surface area contributed by atoms with Crippen molar-refractivity contribution < 1.29 is 9.53 Å². The van der Waals surface area contributed by atoms with Crippen molar-refractivity contribution in [2.45, 2.75) is 19.4 Å². The molecule has 0 aromatic carbocycles. The van der Waals surface area contributed by atoms with Crippen molar-refractivity contribution in [3.05, 3.63) is 5.69 Å². The van der Waals surface area contributed by atoms with E-state index in [9.17, 15) is 4.79 Å². The molecular formula is C10H17N5O2. The van der Waals surface area contributed by atoms with Crippen molar-refractivity contribution in [2.24, 2.45) is 7.05 Å². The monoisotopic (exact) mass is 239 g/mol. The van der Waals surface area contributed by atoms with E-state index in [0.717, 1.165) is 6.42 Å². The van der Waals surface area contributed by atoms with Gasteiger partial charge in [0.05, 0.1) is 24.0 Å². The molecule has 2 amide bonds. The number of carbonyl (C=O) groups excluding carboxylic acids is 1. The van der Waals surface area contributed by atoms with E-state index >= 15 is 0 Å². The van der Waals surface area contributed by atoms with Crippen molar-refractivity contribution in [3.63, 3.8) is 0 Å². The number of ether oxygens (including phenoxy) is 1. The molecule has 1 aliphatic rings. The van der Waals surface area contributed by atoms with E-state index < -0.39 is 0 Å². The second kappa shape index (κ2) is 4.62. The molecule has 2 heterocycles. The van der Waals surface area contributed by atoms with Crippen LogP contribution in [0.2, 0.25) is 0 Å². The number of nitrogens with one attached hydrogen (secondary N) is 2. The lowest BCUT2D eigenvalue weighted by Crippen LogP contribution is -2.38. The molecule has 7 nitrogen and oxygen atoms in total. The Morgan fingerprint density at radius 2 is 2.41 bits per heavy atom. The molecule has 0 saturated carbocycles. The highest BCUT2D eigenvalue weighted by Gasteiger charge is 2.19. The number of carbonyl (C=O) groups is 1. The van der Waals surface area contributed by atoms with Gasteiger partial charge in [-0.1, -0.05) is 0 Å². The number of rotatable bonds is 2. The smallest absolute Gasteiger partial charge is 0.320 e. The Morgan fingerprint density at radius 1 is 1.65 bits per heavy atom. The third-order valence-corrected chi connectivity index (χ3v) is 2.77. The highest BCUT2D eigenvalue weighted by atomic mass is 16.5. The van der Waals surface area contributed by atoms with Gasteiger partial charge in [0.2, 0.25) is 0 Å². The molecule has 1 atom stereocenters. The minimum absolute atomic E-state index is 0.0746. The number of anilines is 2. The van der Waals surface area contributed by atoms with Crippen LogP contribution in [0.25, 0.3) is 0 Å². The first-order valence-corrected chi connectivity index (χ1v) is 5.52. The van der Waals surface area contributed by atoms with Gasteiger partial charge >= 0.3 is 6.03 Å². The average molecular weight is 239 g/mol. The molecule has 1 aromatic heterocycles. The lowest BCUT2D eigenvalue weighted by atomic mass is 10.3. The largest absolute Gasteiger partial charge is 0.394 e. The lowest BCUT2D eigenvalue weighted by Gasteiger charge is -2.12. The summed E-state index contributed by atoms with van der Waals surface area (Å²) in [5.74, 6) is 0.513. The van der Waals surface area contributed by atoms with Crippen molar-refractivity contribution >= 4 is 17.5 Å². The molecule has 17 heavy (non-hydrogen) atoms. The Bertz CT molecular complexity index is 423. The maximum atomic E-state index is 11.7. The summed E-state index contributed by atoms with van der Waals surface area (Å²) in [7, 11) is 1.73. The number of nitrogen functional groups attached to an aromatic ring is 1. The molecular weight excluding hydrogens is 222 g/mol. The summed E-state index contributed by atoms with van der Waals surface area (Å²) in [5, 5.41) is 9.64. The first-order valence-electron chi connectivity index (χ1n) is 5.52. The summed E-state index contributed by atoms with van der Waals surface area (Å²) >= 11 is 0. The molecule has 1 aliphatic heterocycles. The summed E-state index contributed by atoms with van der Waals surface area (Å²) in [5.41, 5.74) is 7.00. The Balaban J connectivity index is 1.97. The van der Waals surface area contributed by atoms with Gasteiger partial charge in [-0.3, -0.25) is 10.00 Å². The van der Waals surface area contributed by atoms with Crippen LogP contribution < -0.4 is 16.4 Å². The number of amides is 2. The van der Waals surface area contributed by atoms with Crippen LogP contribution in [0, 0.1) is 6.92 Å². The maximum Gasteiger partial charge on any atom is 0.320 e. The third-order valence-electron chi connectivity index (χ3n) is 2.77.